The van der Waals surface area contributed by atoms with Crippen LogP contribution in [0.3, 0.4) is 0 Å². The highest BCUT2D eigenvalue weighted by molar-refractivity contribution is 7.98. The van der Waals surface area contributed by atoms with Crippen LogP contribution in [0, 0.1) is 6.92 Å². The standard InChI is InChI=1S/C19H25N5O2S/c1-14-21-18(26-22-14)13-27-17-4-2-15(3-5-17)19(25)24-9-6-16(12-24)23-10-7-20-8-11-23/h2-5,16,20H,6-13H2,1H3. The van der Waals surface area contributed by atoms with Crippen molar-refractivity contribution in [2.24, 2.45) is 0 Å². The highest BCUT2D eigenvalue weighted by Crippen LogP contribution is 2.24. The summed E-state index contributed by atoms with van der Waals surface area (Å²) in [5.41, 5.74) is 0.758. The molecule has 2 aromatic rings. The van der Waals surface area contributed by atoms with Crippen molar-refractivity contribution in [1.82, 2.24) is 25.3 Å². The molecule has 4 rings (SSSR count). The van der Waals surface area contributed by atoms with E-state index in [0.29, 0.717) is 23.5 Å². The Balaban J connectivity index is 1.31. The van der Waals surface area contributed by atoms with Gasteiger partial charge < -0.3 is 14.7 Å². The van der Waals surface area contributed by atoms with Gasteiger partial charge in [0.05, 0.1) is 5.75 Å². The minimum Gasteiger partial charge on any atom is -0.338 e. The van der Waals surface area contributed by atoms with Crippen molar-refractivity contribution in [2.75, 3.05) is 39.3 Å². The third kappa shape index (κ3) is 4.51. The molecule has 3 heterocycles. The summed E-state index contributed by atoms with van der Waals surface area (Å²) in [5.74, 6) is 2.04. The van der Waals surface area contributed by atoms with E-state index in [9.17, 15) is 4.79 Å². The van der Waals surface area contributed by atoms with Gasteiger partial charge in [0.2, 0.25) is 5.89 Å². The van der Waals surface area contributed by atoms with Gasteiger partial charge in [-0.05, 0) is 37.6 Å². The highest BCUT2D eigenvalue weighted by Gasteiger charge is 2.31. The van der Waals surface area contributed by atoms with Crippen molar-refractivity contribution in [3.05, 3.63) is 41.5 Å². The Morgan fingerprint density at radius 1 is 1.26 bits per heavy atom. The van der Waals surface area contributed by atoms with E-state index >= 15 is 0 Å². The van der Waals surface area contributed by atoms with Crippen LogP contribution in [0.1, 0.15) is 28.5 Å². The van der Waals surface area contributed by atoms with Gasteiger partial charge in [0.25, 0.3) is 5.91 Å². The molecule has 1 amide bonds. The molecule has 0 radical (unpaired) electrons. The zero-order valence-electron chi connectivity index (χ0n) is 15.6. The van der Waals surface area contributed by atoms with Crippen molar-refractivity contribution in [1.29, 1.82) is 0 Å². The smallest absolute Gasteiger partial charge is 0.253 e. The molecule has 0 bridgehead atoms. The van der Waals surface area contributed by atoms with Crippen molar-refractivity contribution < 1.29 is 9.32 Å². The summed E-state index contributed by atoms with van der Waals surface area (Å²) in [4.78, 5) is 22.6. The molecular weight excluding hydrogens is 362 g/mol. The van der Waals surface area contributed by atoms with Crippen LogP contribution in [0.15, 0.2) is 33.7 Å². The fourth-order valence-electron chi connectivity index (χ4n) is 3.69. The number of nitrogens with one attached hydrogen (secondary N) is 1. The Bertz CT molecular complexity index is 773. The third-order valence-electron chi connectivity index (χ3n) is 5.15. The number of hydrogen-bond acceptors (Lipinski definition) is 7. The van der Waals surface area contributed by atoms with Crippen LogP contribution in [0.5, 0.6) is 0 Å². The molecule has 144 valence electrons. The maximum absolute atomic E-state index is 12.8. The van der Waals surface area contributed by atoms with Crippen molar-refractivity contribution in [3.63, 3.8) is 0 Å². The number of benzene rings is 1. The molecule has 1 unspecified atom stereocenters. The average molecular weight is 388 g/mol. The van der Waals surface area contributed by atoms with Crippen LogP contribution < -0.4 is 5.32 Å². The first-order chi connectivity index (χ1) is 13.2. The largest absolute Gasteiger partial charge is 0.338 e. The molecular formula is C19H25N5O2S. The van der Waals surface area contributed by atoms with Crippen LogP contribution in [0.4, 0.5) is 0 Å². The molecule has 7 nitrogen and oxygen atoms in total. The maximum atomic E-state index is 12.8. The molecule has 1 N–H and O–H groups in total. The lowest BCUT2D eigenvalue weighted by atomic mass is 10.2. The summed E-state index contributed by atoms with van der Waals surface area (Å²) < 4.78 is 5.12. The number of hydrogen-bond donors (Lipinski definition) is 1. The Morgan fingerprint density at radius 3 is 2.74 bits per heavy atom. The maximum Gasteiger partial charge on any atom is 0.253 e. The summed E-state index contributed by atoms with van der Waals surface area (Å²) in [6, 6.07) is 8.32. The number of carbonyl (C=O) groups is 1. The Kier molecular flexibility index (Phi) is 5.75. The number of thioether (sulfide) groups is 1. The first-order valence-corrected chi connectivity index (χ1v) is 10.4. The van der Waals surface area contributed by atoms with Crippen LogP contribution in [-0.4, -0.2) is 71.2 Å². The number of piperazine rings is 1. The van der Waals surface area contributed by atoms with E-state index in [4.69, 9.17) is 4.52 Å². The number of likely N-dealkylation sites (tertiary alicyclic amines) is 1. The topological polar surface area (TPSA) is 74.5 Å². The van der Waals surface area contributed by atoms with Gasteiger partial charge >= 0.3 is 0 Å². The first-order valence-electron chi connectivity index (χ1n) is 9.45. The highest BCUT2D eigenvalue weighted by atomic mass is 32.2. The fourth-order valence-corrected chi connectivity index (χ4v) is 4.43. The normalized spacial score (nSPS) is 20.9. The molecule has 1 aromatic carbocycles. The molecule has 0 spiro atoms. The second-order valence-corrected chi connectivity index (χ2v) is 8.08. The number of aryl methyl sites for hydroxylation is 1. The van der Waals surface area contributed by atoms with Gasteiger partial charge in [0, 0.05) is 55.8 Å². The lowest BCUT2D eigenvalue weighted by Gasteiger charge is -2.32. The Hall–Kier alpha value is -1.90. The summed E-state index contributed by atoms with van der Waals surface area (Å²) >= 11 is 1.62. The van der Waals surface area contributed by atoms with E-state index in [1.807, 2.05) is 36.1 Å². The van der Waals surface area contributed by atoms with E-state index in [1.54, 1.807) is 11.8 Å². The molecule has 0 aliphatic carbocycles. The second-order valence-electron chi connectivity index (χ2n) is 7.03. The third-order valence-corrected chi connectivity index (χ3v) is 6.15. The summed E-state index contributed by atoms with van der Waals surface area (Å²) in [6.45, 7) is 7.76. The minimum atomic E-state index is 0.136. The predicted molar refractivity (Wildman–Crippen MR) is 104 cm³/mol. The monoisotopic (exact) mass is 387 g/mol. The molecule has 2 saturated heterocycles. The summed E-state index contributed by atoms with van der Waals surface area (Å²) in [6.07, 6.45) is 1.07. The molecule has 2 fully saturated rings. The van der Waals surface area contributed by atoms with E-state index < -0.39 is 0 Å². The molecule has 0 saturated carbocycles. The van der Waals surface area contributed by atoms with Crippen LogP contribution >= 0.6 is 11.8 Å². The molecule has 8 heteroatoms. The number of nitrogens with zero attached hydrogens (tertiary/aromatic N) is 4. The number of carbonyl (C=O) groups excluding carboxylic acids is 1. The molecule has 1 atom stereocenters. The van der Waals surface area contributed by atoms with Gasteiger partial charge in [0.15, 0.2) is 5.82 Å². The molecule has 27 heavy (non-hydrogen) atoms. The quantitative estimate of drug-likeness (QED) is 0.784. The number of amides is 1. The predicted octanol–water partition coefficient (Wildman–Crippen LogP) is 1.79. The van der Waals surface area contributed by atoms with Crippen molar-refractivity contribution in [2.45, 2.75) is 30.0 Å². The number of rotatable bonds is 5. The minimum absolute atomic E-state index is 0.136. The van der Waals surface area contributed by atoms with Crippen LogP contribution in [-0.2, 0) is 5.75 Å². The fraction of sp³-hybridized carbons (Fsp3) is 0.526. The van der Waals surface area contributed by atoms with Gasteiger partial charge in [-0.1, -0.05) is 5.16 Å². The summed E-state index contributed by atoms with van der Waals surface area (Å²) in [5, 5.41) is 7.18. The Morgan fingerprint density at radius 2 is 2.04 bits per heavy atom. The van der Waals surface area contributed by atoms with Crippen molar-refractivity contribution >= 4 is 17.7 Å². The van der Waals surface area contributed by atoms with Gasteiger partial charge in [-0.2, -0.15) is 4.98 Å². The Labute approximate surface area is 163 Å². The SMILES string of the molecule is Cc1noc(CSc2ccc(C(=O)N3CCC(N4CCNCC4)C3)cc2)n1. The summed E-state index contributed by atoms with van der Waals surface area (Å²) in [7, 11) is 0. The molecule has 2 aliphatic heterocycles. The lowest BCUT2D eigenvalue weighted by Crippen LogP contribution is -2.49. The van der Waals surface area contributed by atoms with Gasteiger partial charge in [-0.15, -0.1) is 11.8 Å². The second kappa shape index (κ2) is 8.41. The van der Waals surface area contributed by atoms with E-state index in [0.717, 1.165) is 56.1 Å². The van der Waals surface area contributed by atoms with E-state index in [1.165, 1.54) is 0 Å². The number of aromatic nitrogens is 2. The van der Waals surface area contributed by atoms with E-state index in [2.05, 4.69) is 20.4 Å². The van der Waals surface area contributed by atoms with Gasteiger partial charge in [-0.3, -0.25) is 9.69 Å². The van der Waals surface area contributed by atoms with E-state index in [-0.39, 0.29) is 5.91 Å². The van der Waals surface area contributed by atoms with Gasteiger partial charge in [-0.25, -0.2) is 0 Å². The molecule has 1 aromatic heterocycles. The van der Waals surface area contributed by atoms with Crippen LogP contribution in [0.25, 0.3) is 0 Å². The average Bonchev–Trinajstić information content (AvgIpc) is 3.36. The lowest BCUT2D eigenvalue weighted by molar-refractivity contribution is 0.0773. The van der Waals surface area contributed by atoms with Crippen LogP contribution in [0.2, 0.25) is 0 Å². The first kappa shape index (κ1) is 18.5. The molecule has 2 aliphatic rings. The van der Waals surface area contributed by atoms with Gasteiger partial charge in [0.1, 0.15) is 0 Å². The zero-order chi connectivity index (χ0) is 18.6. The van der Waals surface area contributed by atoms with Crippen molar-refractivity contribution in [3.8, 4) is 0 Å². The zero-order valence-corrected chi connectivity index (χ0v) is 16.4.